The highest BCUT2D eigenvalue weighted by Crippen LogP contribution is 2.63. The van der Waals surface area contributed by atoms with Crippen LogP contribution in [0.4, 0.5) is 0 Å². The van der Waals surface area contributed by atoms with Crippen molar-refractivity contribution in [1.82, 2.24) is 0 Å². The Bertz CT molecular complexity index is 992. The maximum Gasteiger partial charge on any atom is 0.0320 e. The Morgan fingerprint density at radius 1 is 0.923 bits per heavy atom. The van der Waals surface area contributed by atoms with Gasteiger partial charge in [-0.25, -0.2) is 0 Å². The lowest BCUT2D eigenvalue weighted by molar-refractivity contribution is 0.451. The molecule has 128 valence electrons. The van der Waals surface area contributed by atoms with Gasteiger partial charge in [0.25, 0.3) is 0 Å². The lowest BCUT2D eigenvalue weighted by Gasteiger charge is -2.40. The molecule has 1 unspecified atom stereocenters. The Kier molecular flexibility index (Phi) is 3.24. The smallest absolute Gasteiger partial charge is 0.0320 e. The van der Waals surface area contributed by atoms with E-state index in [1.807, 2.05) is 0 Å². The van der Waals surface area contributed by atoms with Gasteiger partial charge < -0.3 is 0 Å². The second-order valence-corrected chi connectivity index (χ2v) is 9.35. The van der Waals surface area contributed by atoms with Gasteiger partial charge in [-0.15, -0.1) is 8.58 Å². The first-order valence-corrected chi connectivity index (χ1v) is 11.3. The molecule has 0 amide bonds. The van der Waals surface area contributed by atoms with Crippen molar-refractivity contribution in [3.05, 3.63) is 106 Å². The van der Waals surface area contributed by atoms with Crippen molar-refractivity contribution in [2.24, 2.45) is 0 Å². The molecule has 0 saturated heterocycles. The largest absolute Gasteiger partial charge is 0.113 e. The number of hydrogen-bond acceptors (Lipinski definition) is 0. The molecule has 4 aliphatic rings. The van der Waals surface area contributed by atoms with Crippen molar-refractivity contribution in [2.75, 3.05) is 6.16 Å². The molecule has 1 aliphatic heterocycles. The maximum atomic E-state index is 2.54. The summed E-state index contributed by atoms with van der Waals surface area (Å²) in [7, 11) is 1.02. The molecule has 1 heterocycles. The summed E-state index contributed by atoms with van der Waals surface area (Å²) in [6, 6.07) is 18.5. The predicted octanol–water partition coefficient (Wildman–Crippen LogP) is 6.04. The first-order chi connectivity index (χ1) is 12.9. The van der Waals surface area contributed by atoms with Crippen LogP contribution in [0.5, 0.6) is 0 Å². The zero-order valence-corrected chi connectivity index (χ0v) is 16.0. The van der Waals surface area contributed by atoms with Crippen molar-refractivity contribution >= 4 is 8.58 Å². The zero-order valence-electron chi connectivity index (χ0n) is 15.0. The second-order valence-electron chi connectivity index (χ2n) is 8.14. The standard InChI is InChI=1S/C25H23P/c1-2-6-17(7-3-1)22-14-19-9-5-11-21-16-26-15-20-10-4-8-18-12-13-25(22,23(18)20)24(19)21/h1-9,11-12,22,26H,10,13-16H2/t22-,25-/m0/s1. The number of rotatable bonds is 1. The van der Waals surface area contributed by atoms with E-state index in [2.05, 4.69) is 66.8 Å². The predicted molar refractivity (Wildman–Crippen MR) is 111 cm³/mol. The average molecular weight is 354 g/mol. The van der Waals surface area contributed by atoms with Crippen LogP contribution < -0.4 is 0 Å². The van der Waals surface area contributed by atoms with Crippen LogP contribution in [0.1, 0.15) is 41.0 Å². The topological polar surface area (TPSA) is 0 Å². The zero-order chi connectivity index (χ0) is 17.1. The normalized spacial score (nSPS) is 29.2. The summed E-state index contributed by atoms with van der Waals surface area (Å²) >= 11 is 0. The van der Waals surface area contributed by atoms with Crippen LogP contribution in [0.15, 0.2) is 83.5 Å². The highest BCUT2D eigenvalue weighted by Gasteiger charge is 2.54. The molecular weight excluding hydrogens is 331 g/mol. The van der Waals surface area contributed by atoms with Crippen LogP contribution in [0.25, 0.3) is 0 Å². The van der Waals surface area contributed by atoms with E-state index in [9.17, 15) is 0 Å². The molecule has 3 atom stereocenters. The quantitative estimate of drug-likeness (QED) is 0.548. The molecular formula is C25H23P. The van der Waals surface area contributed by atoms with Crippen LogP contribution >= 0.6 is 8.58 Å². The lowest BCUT2D eigenvalue weighted by atomic mass is 9.64. The fourth-order valence-electron chi connectivity index (χ4n) is 6.09. The molecule has 0 saturated carbocycles. The van der Waals surface area contributed by atoms with Crippen molar-refractivity contribution in [1.29, 1.82) is 0 Å². The highest BCUT2D eigenvalue weighted by atomic mass is 31.1. The van der Waals surface area contributed by atoms with Crippen LogP contribution in [0.3, 0.4) is 0 Å². The third-order valence-electron chi connectivity index (χ3n) is 6.95. The first kappa shape index (κ1) is 15.2. The first-order valence-electron chi connectivity index (χ1n) is 9.84. The minimum atomic E-state index is 0.188. The van der Waals surface area contributed by atoms with Crippen molar-refractivity contribution in [3.63, 3.8) is 0 Å². The van der Waals surface area contributed by atoms with E-state index in [4.69, 9.17) is 0 Å². The fourth-order valence-corrected chi connectivity index (χ4v) is 7.40. The number of hydrogen-bond donors (Lipinski definition) is 0. The summed E-state index contributed by atoms with van der Waals surface area (Å²) in [5.74, 6) is 0.575. The number of benzene rings is 2. The van der Waals surface area contributed by atoms with Gasteiger partial charge in [-0.2, -0.15) is 0 Å². The van der Waals surface area contributed by atoms with E-state index in [0.717, 1.165) is 8.58 Å². The van der Waals surface area contributed by atoms with E-state index >= 15 is 0 Å². The monoisotopic (exact) mass is 354 g/mol. The summed E-state index contributed by atoms with van der Waals surface area (Å²) < 4.78 is 0. The summed E-state index contributed by atoms with van der Waals surface area (Å²) in [4.78, 5) is 0. The molecule has 0 bridgehead atoms. The molecule has 0 radical (unpaired) electrons. The average Bonchev–Trinajstić information content (AvgIpc) is 3.22. The molecule has 2 aromatic rings. The molecule has 0 N–H and O–H groups in total. The van der Waals surface area contributed by atoms with Gasteiger partial charge in [0.15, 0.2) is 0 Å². The number of allylic oxidation sites excluding steroid dienone is 6. The Morgan fingerprint density at radius 2 is 1.81 bits per heavy atom. The summed E-state index contributed by atoms with van der Waals surface area (Å²) in [5, 5.41) is 0. The van der Waals surface area contributed by atoms with Gasteiger partial charge >= 0.3 is 0 Å². The van der Waals surface area contributed by atoms with Gasteiger partial charge in [0.2, 0.25) is 0 Å². The Hall–Kier alpha value is -1.91. The van der Waals surface area contributed by atoms with Gasteiger partial charge in [-0.1, -0.05) is 72.3 Å². The van der Waals surface area contributed by atoms with Gasteiger partial charge in [-0.05, 0) is 65.0 Å². The van der Waals surface area contributed by atoms with Crippen molar-refractivity contribution in [2.45, 2.75) is 36.8 Å². The van der Waals surface area contributed by atoms with Crippen LogP contribution in [0, 0.1) is 0 Å². The van der Waals surface area contributed by atoms with E-state index in [0.29, 0.717) is 5.92 Å². The van der Waals surface area contributed by atoms with E-state index in [1.165, 1.54) is 42.7 Å². The molecule has 0 nitrogen and oxygen atoms in total. The highest BCUT2D eigenvalue weighted by molar-refractivity contribution is 7.37. The minimum absolute atomic E-state index is 0.188. The SMILES string of the molecule is C1=CC2=CC[C@]34C2=C(C1)CPCc1cccc(c13)C[C@H]4c1ccccc1. The maximum absolute atomic E-state index is 2.54. The van der Waals surface area contributed by atoms with Crippen LogP contribution in [-0.4, -0.2) is 6.16 Å². The minimum Gasteiger partial charge on any atom is -0.113 e. The summed E-state index contributed by atoms with van der Waals surface area (Å²) in [5.41, 5.74) is 11.6. The van der Waals surface area contributed by atoms with E-state index in [-0.39, 0.29) is 5.41 Å². The lowest BCUT2D eigenvalue weighted by Crippen LogP contribution is -2.33. The fraction of sp³-hybridized carbons (Fsp3) is 0.280. The molecule has 0 fully saturated rings. The molecule has 26 heavy (non-hydrogen) atoms. The Morgan fingerprint density at radius 3 is 2.73 bits per heavy atom. The third kappa shape index (κ3) is 1.89. The third-order valence-corrected chi connectivity index (χ3v) is 8.26. The van der Waals surface area contributed by atoms with Crippen LogP contribution in [0.2, 0.25) is 0 Å². The van der Waals surface area contributed by atoms with Gasteiger partial charge in [0, 0.05) is 11.3 Å². The molecule has 1 spiro atoms. The second kappa shape index (κ2) is 5.54. The molecule has 3 aliphatic carbocycles. The Labute approximate surface area is 157 Å². The van der Waals surface area contributed by atoms with Crippen LogP contribution in [-0.2, 0) is 18.0 Å². The van der Waals surface area contributed by atoms with E-state index < -0.39 is 0 Å². The Balaban J connectivity index is 1.68. The molecule has 1 heteroatoms. The summed E-state index contributed by atoms with van der Waals surface area (Å²) in [6.07, 6.45) is 13.4. The van der Waals surface area contributed by atoms with Gasteiger partial charge in [-0.3, -0.25) is 0 Å². The molecule has 6 rings (SSSR count). The van der Waals surface area contributed by atoms with Crippen molar-refractivity contribution < 1.29 is 0 Å². The van der Waals surface area contributed by atoms with Crippen molar-refractivity contribution in [3.8, 4) is 0 Å². The molecule has 0 aromatic heterocycles. The molecule has 2 aromatic carbocycles. The van der Waals surface area contributed by atoms with Gasteiger partial charge in [0.05, 0.1) is 0 Å². The van der Waals surface area contributed by atoms with Gasteiger partial charge in [0.1, 0.15) is 0 Å². The summed E-state index contributed by atoms with van der Waals surface area (Å²) in [6.45, 7) is 0. The van der Waals surface area contributed by atoms with E-state index in [1.54, 1.807) is 27.8 Å².